The molecule has 2 rings (SSSR count). The topological polar surface area (TPSA) is 79.5 Å². The van der Waals surface area contributed by atoms with Crippen LogP contribution in [-0.2, 0) is 4.79 Å². The standard InChI is InChI=1S/C23H29N3O3/c1-6-13-24-23(28)26-19-9-7-18(8-10-19)25-22(27)17(5)29-20-11-12-21(15(2)3)16(4)14-20/h6-12,14-15,17H,1,13H2,2-5H3,(H,25,27)(H2,24,26,28). The lowest BCUT2D eigenvalue weighted by molar-refractivity contribution is -0.122. The normalized spacial score (nSPS) is 11.5. The van der Waals surface area contributed by atoms with Crippen LogP contribution in [0.4, 0.5) is 16.2 Å². The van der Waals surface area contributed by atoms with Gasteiger partial charge in [0.15, 0.2) is 6.10 Å². The van der Waals surface area contributed by atoms with Crippen molar-refractivity contribution in [1.29, 1.82) is 0 Å². The van der Waals surface area contributed by atoms with Crippen molar-refractivity contribution >= 4 is 23.3 Å². The van der Waals surface area contributed by atoms with E-state index in [1.165, 1.54) is 5.56 Å². The molecule has 1 atom stereocenters. The fourth-order valence-corrected chi connectivity index (χ4v) is 2.85. The van der Waals surface area contributed by atoms with Gasteiger partial charge in [-0.2, -0.15) is 0 Å². The number of carbonyl (C=O) groups excluding carboxylic acids is 2. The first-order valence-electron chi connectivity index (χ1n) is 9.64. The minimum Gasteiger partial charge on any atom is -0.481 e. The maximum Gasteiger partial charge on any atom is 0.319 e. The SMILES string of the molecule is C=CCNC(=O)Nc1ccc(NC(=O)C(C)Oc2ccc(C(C)C)c(C)c2)cc1. The Balaban J connectivity index is 1.91. The van der Waals surface area contributed by atoms with Gasteiger partial charge >= 0.3 is 6.03 Å². The van der Waals surface area contributed by atoms with Crippen LogP contribution in [-0.4, -0.2) is 24.6 Å². The maximum atomic E-state index is 12.4. The van der Waals surface area contributed by atoms with Gasteiger partial charge in [0, 0.05) is 17.9 Å². The number of anilines is 2. The number of rotatable bonds is 8. The van der Waals surface area contributed by atoms with Crippen molar-refractivity contribution in [3.8, 4) is 5.75 Å². The van der Waals surface area contributed by atoms with Gasteiger partial charge in [0.2, 0.25) is 0 Å². The van der Waals surface area contributed by atoms with Crippen molar-refractivity contribution in [2.75, 3.05) is 17.2 Å². The van der Waals surface area contributed by atoms with Crippen LogP contribution in [0.15, 0.2) is 55.1 Å². The van der Waals surface area contributed by atoms with Gasteiger partial charge in [0.25, 0.3) is 5.91 Å². The predicted octanol–water partition coefficient (Wildman–Crippen LogP) is 4.83. The molecular weight excluding hydrogens is 366 g/mol. The van der Waals surface area contributed by atoms with E-state index in [0.29, 0.717) is 29.6 Å². The highest BCUT2D eigenvalue weighted by atomic mass is 16.5. The Bertz CT molecular complexity index is 860. The highest BCUT2D eigenvalue weighted by molar-refractivity contribution is 5.94. The molecule has 0 heterocycles. The van der Waals surface area contributed by atoms with E-state index in [1.54, 1.807) is 37.3 Å². The van der Waals surface area contributed by atoms with E-state index in [4.69, 9.17) is 4.74 Å². The number of hydrogen-bond acceptors (Lipinski definition) is 3. The molecule has 3 amide bonds. The number of amides is 3. The number of carbonyl (C=O) groups is 2. The van der Waals surface area contributed by atoms with Crippen LogP contribution < -0.4 is 20.7 Å². The van der Waals surface area contributed by atoms with Crippen molar-refractivity contribution in [2.24, 2.45) is 0 Å². The molecule has 154 valence electrons. The zero-order valence-corrected chi connectivity index (χ0v) is 17.4. The predicted molar refractivity (Wildman–Crippen MR) is 118 cm³/mol. The van der Waals surface area contributed by atoms with Crippen LogP contribution in [0.1, 0.15) is 37.8 Å². The molecule has 0 spiro atoms. The van der Waals surface area contributed by atoms with Crippen molar-refractivity contribution in [2.45, 2.75) is 39.7 Å². The minimum absolute atomic E-state index is 0.250. The van der Waals surface area contributed by atoms with Gasteiger partial charge in [-0.3, -0.25) is 4.79 Å². The summed E-state index contributed by atoms with van der Waals surface area (Å²) in [6, 6.07) is 12.4. The third kappa shape index (κ3) is 6.68. The summed E-state index contributed by atoms with van der Waals surface area (Å²) in [4.78, 5) is 24.1. The molecular formula is C23H29N3O3. The number of benzene rings is 2. The van der Waals surface area contributed by atoms with E-state index < -0.39 is 6.10 Å². The Morgan fingerprint density at radius 1 is 1.03 bits per heavy atom. The van der Waals surface area contributed by atoms with E-state index in [1.807, 2.05) is 25.1 Å². The molecule has 0 saturated heterocycles. The largest absolute Gasteiger partial charge is 0.481 e. The zero-order valence-electron chi connectivity index (χ0n) is 17.4. The van der Waals surface area contributed by atoms with Crippen molar-refractivity contribution in [3.05, 3.63) is 66.2 Å². The van der Waals surface area contributed by atoms with Crippen molar-refractivity contribution in [1.82, 2.24) is 5.32 Å². The van der Waals surface area contributed by atoms with Gasteiger partial charge in [-0.25, -0.2) is 4.79 Å². The lowest BCUT2D eigenvalue weighted by Gasteiger charge is -2.17. The minimum atomic E-state index is -0.651. The first-order valence-corrected chi connectivity index (χ1v) is 9.64. The van der Waals surface area contributed by atoms with Crippen LogP contribution in [0.25, 0.3) is 0 Å². The zero-order chi connectivity index (χ0) is 21.4. The third-order valence-electron chi connectivity index (χ3n) is 4.36. The number of nitrogens with one attached hydrogen (secondary N) is 3. The Morgan fingerprint density at radius 2 is 1.66 bits per heavy atom. The molecule has 0 aliphatic rings. The van der Waals surface area contributed by atoms with E-state index in [0.717, 1.165) is 5.56 Å². The van der Waals surface area contributed by atoms with Gasteiger partial charge in [0.05, 0.1) is 0 Å². The third-order valence-corrected chi connectivity index (χ3v) is 4.36. The molecule has 6 nitrogen and oxygen atoms in total. The van der Waals surface area contributed by atoms with Gasteiger partial charge in [-0.05, 0) is 67.3 Å². The van der Waals surface area contributed by atoms with Gasteiger partial charge < -0.3 is 20.7 Å². The first-order chi connectivity index (χ1) is 13.8. The number of aryl methyl sites for hydroxylation is 1. The smallest absolute Gasteiger partial charge is 0.319 e. The molecule has 0 bridgehead atoms. The Labute approximate surface area is 172 Å². The van der Waals surface area contributed by atoms with Gasteiger partial charge in [0.1, 0.15) is 5.75 Å². The highest BCUT2D eigenvalue weighted by Gasteiger charge is 2.16. The lowest BCUT2D eigenvalue weighted by atomic mass is 9.98. The molecule has 1 unspecified atom stereocenters. The Hall–Kier alpha value is -3.28. The van der Waals surface area contributed by atoms with Crippen LogP contribution >= 0.6 is 0 Å². The van der Waals surface area contributed by atoms with Crippen LogP contribution in [0.2, 0.25) is 0 Å². The summed E-state index contributed by atoms with van der Waals surface area (Å²) < 4.78 is 5.79. The molecule has 3 N–H and O–H groups in total. The summed E-state index contributed by atoms with van der Waals surface area (Å²) in [6.45, 7) is 12.0. The molecule has 0 aliphatic carbocycles. The molecule has 2 aromatic carbocycles. The maximum absolute atomic E-state index is 12.4. The van der Waals surface area contributed by atoms with Crippen molar-refractivity contribution in [3.63, 3.8) is 0 Å². The number of urea groups is 1. The van der Waals surface area contributed by atoms with E-state index in [-0.39, 0.29) is 11.9 Å². The van der Waals surface area contributed by atoms with Gasteiger partial charge in [-0.15, -0.1) is 6.58 Å². The number of hydrogen-bond donors (Lipinski definition) is 3. The highest BCUT2D eigenvalue weighted by Crippen LogP contribution is 2.24. The Morgan fingerprint density at radius 3 is 2.21 bits per heavy atom. The molecule has 0 fully saturated rings. The second kappa shape index (κ2) is 10.3. The van der Waals surface area contributed by atoms with Gasteiger partial charge in [-0.1, -0.05) is 26.0 Å². The van der Waals surface area contributed by atoms with Crippen LogP contribution in [0.3, 0.4) is 0 Å². The average molecular weight is 396 g/mol. The van der Waals surface area contributed by atoms with Crippen molar-refractivity contribution < 1.29 is 14.3 Å². The fraction of sp³-hybridized carbons (Fsp3) is 0.304. The summed E-state index contributed by atoms with van der Waals surface area (Å²) in [6.07, 6.45) is 0.948. The molecule has 0 radical (unpaired) electrons. The molecule has 0 saturated carbocycles. The quantitative estimate of drug-likeness (QED) is 0.560. The Kier molecular flexibility index (Phi) is 7.83. The molecule has 0 aliphatic heterocycles. The number of ether oxygens (including phenoxy) is 1. The van der Waals surface area contributed by atoms with Crippen LogP contribution in [0, 0.1) is 6.92 Å². The van der Waals surface area contributed by atoms with E-state index in [9.17, 15) is 9.59 Å². The van der Waals surface area contributed by atoms with E-state index >= 15 is 0 Å². The molecule has 2 aromatic rings. The average Bonchev–Trinajstić information content (AvgIpc) is 2.67. The molecule has 0 aromatic heterocycles. The summed E-state index contributed by atoms with van der Waals surface area (Å²) in [5.74, 6) is 0.856. The first kappa shape index (κ1) is 22.0. The second-order valence-corrected chi connectivity index (χ2v) is 7.12. The lowest BCUT2D eigenvalue weighted by Crippen LogP contribution is -2.30. The monoisotopic (exact) mass is 395 g/mol. The molecule has 6 heteroatoms. The molecule has 29 heavy (non-hydrogen) atoms. The summed E-state index contributed by atoms with van der Waals surface area (Å²) in [7, 11) is 0. The summed E-state index contributed by atoms with van der Waals surface area (Å²) >= 11 is 0. The van der Waals surface area contributed by atoms with E-state index in [2.05, 4.69) is 36.4 Å². The second-order valence-electron chi connectivity index (χ2n) is 7.12. The summed E-state index contributed by atoms with van der Waals surface area (Å²) in [5.41, 5.74) is 3.65. The van der Waals surface area contributed by atoms with Crippen LogP contribution in [0.5, 0.6) is 5.75 Å². The summed E-state index contributed by atoms with van der Waals surface area (Å²) in [5, 5.41) is 8.14. The fourth-order valence-electron chi connectivity index (χ4n) is 2.85.